The number of halogens is 1. The molecule has 0 aliphatic carbocycles. The molecule has 0 fully saturated rings. The number of nitrogens with one attached hydrogen (secondary N) is 2. The summed E-state index contributed by atoms with van der Waals surface area (Å²) in [7, 11) is 1.50. The van der Waals surface area contributed by atoms with Crippen LogP contribution < -0.4 is 15.4 Å². The number of nitrogens with zero attached hydrogens (tertiary/aromatic N) is 2. The molecule has 1 aromatic carbocycles. The molecule has 2 N–H and O–H groups in total. The molecule has 5 nitrogen and oxygen atoms in total. The quantitative estimate of drug-likeness (QED) is 0.883. The van der Waals surface area contributed by atoms with E-state index in [2.05, 4.69) is 20.6 Å². The van der Waals surface area contributed by atoms with Crippen molar-refractivity contribution in [2.24, 2.45) is 0 Å². The van der Waals surface area contributed by atoms with E-state index >= 15 is 0 Å². The third kappa shape index (κ3) is 2.48. The SMILES string of the molecule is COc1cc(F)cc(Nc2ncc3c(n2)CNC3)c1. The van der Waals surface area contributed by atoms with E-state index in [1.807, 2.05) is 0 Å². The highest BCUT2D eigenvalue weighted by atomic mass is 19.1. The van der Waals surface area contributed by atoms with Crippen molar-refractivity contribution in [3.63, 3.8) is 0 Å². The van der Waals surface area contributed by atoms with Crippen LogP contribution in [0.15, 0.2) is 24.4 Å². The van der Waals surface area contributed by atoms with E-state index < -0.39 is 0 Å². The lowest BCUT2D eigenvalue weighted by molar-refractivity contribution is 0.411. The van der Waals surface area contributed by atoms with Gasteiger partial charge in [-0.1, -0.05) is 0 Å². The molecule has 1 aliphatic heterocycles. The summed E-state index contributed by atoms with van der Waals surface area (Å²) in [5.41, 5.74) is 2.63. The molecule has 98 valence electrons. The number of ether oxygens (including phenoxy) is 1. The number of fused-ring (bicyclic) bond motifs is 1. The number of rotatable bonds is 3. The zero-order valence-corrected chi connectivity index (χ0v) is 10.4. The van der Waals surface area contributed by atoms with Crippen LogP contribution >= 0.6 is 0 Å². The van der Waals surface area contributed by atoms with E-state index in [0.717, 1.165) is 24.3 Å². The Kier molecular flexibility index (Phi) is 3.00. The van der Waals surface area contributed by atoms with Gasteiger partial charge in [0.25, 0.3) is 0 Å². The van der Waals surface area contributed by atoms with Gasteiger partial charge >= 0.3 is 0 Å². The minimum atomic E-state index is -0.371. The van der Waals surface area contributed by atoms with Crippen LogP contribution in [0.5, 0.6) is 5.75 Å². The first-order valence-corrected chi connectivity index (χ1v) is 5.92. The van der Waals surface area contributed by atoms with Gasteiger partial charge in [-0.3, -0.25) is 0 Å². The average molecular weight is 260 g/mol. The van der Waals surface area contributed by atoms with E-state index in [1.54, 1.807) is 12.3 Å². The van der Waals surface area contributed by atoms with E-state index in [9.17, 15) is 4.39 Å². The lowest BCUT2D eigenvalue weighted by Crippen LogP contribution is -2.02. The second-order valence-corrected chi connectivity index (χ2v) is 4.27. The lowest BCUT2D eigenvalue weighted by Gasteiger charge is -2.08. The van der Waals surface area contributed by atoms with Crippen molar-refractivity contribution in [2.75, 3.05) is 12.4 Å². The Morgan fingerprint density at radius 1 is 1.32 bits per heavy atom. The van der Waals surface area contributed by atoms with Gasteiger partial charge < -0.3 is 15.4 Å². The van der Waals surface area contributed by atoms with Gasteiger partial charge in [0.1, 0.15) is 11.6 Å². The molecule has 2 aromatic rings. The Morgan fingerprint density at radius 2 is 2.21 bits per heavy atom. The molecule has 6 heteroatoms. The smallest absolute Gasteiger partial charge is 0.227 e. The molecule has 0 unspecified atom stereocenters. The minimum absolute atomic E-state index is 0.371. The van der Waals surface area contributed by atoms with Crippen LogP contribution in [0.2, 0.25) is 0 Å². The summed E-state index contributed by atoms with van der Waals surface area (Å²) in [4.78, 5) is 8.59. The van der Waals surface area contributed by atoms with Crippen molar-refractivity contribution >= 4 is 11.6 Å². The van der Waals surface area contributed by atoms with E-state index in [0.29, 0.717) is 17.4 Å². The fraction of sp³-hybridized carbons (Fsp3) is 0.231. The Bertz CT molecular complexity index is 618. The zero-order valence-electron chi connectivity index (χ0n) is 10.4. The molecule has 1 aliphatic rings. The number of hydrogen-bond donors (Lipinski definition) is 2. The van der Waals surface area contributed by atoms with Gasteiger partial charge in [0.05, 0.1) is 12.8 Å². The topological polar surface area (TPSA) is 59.1 Å². The van der Waals surface area contributed by atoms with Gasteiger partial charge in [0.15, 0.2) is 0 Å². The highest BCUT2D eigenvalue weighted by Gasteiger charge is 2.13. The maximum atomic E-state index is 13.4. The van der Waals surface area contributed by atoms with Crippen molar-refractivity contribution in [3.05, 3.63) is 41.5 Å². The molecule has 3 rings (SSSR count). The van der Waals surface area contributed by atoms with E-state index in [4.69, 9.17) is 4.74 Å². The van der Waals surface area contributed by atoms with Crippen LogP contribution in [0.4, 0.5) is 16.0 Å². The lowest BCUT2D eigenvalue weighted by atomic mass is 10.3. The largest absolute Gasteiger partial charge is 0.497 e. The Labute approximate surface area is 109 Å². The van der Waals surface area contributed by atoms with Crippen molar-refractivity contribution in [1.82, 2.24) is 15.3 Å². The minimum Gasteiger partial charge on any atom is -0.497 e. The summed E-state index contributed by atoms with van der Waals surface area (Å²) in [5, 5.41) is 6.18. The fourth-order valence-corrected chi connectivity index (χ4v) is 2.00. The predicted molar refractivity (Wildman–Crippen MR) is 68.8 cm³/mol. The average Bonchev–Trinajstić information content (AvgIpc) is 2.85. The van der Waals surface area contributed by atoms with Gasteiger partial charge in [0.2, 0.25) is 5.95 Å². The highest BCUT2D eigenvalue weighted by molar-refractivity contribution is 5.56. The van der Waals surface area contributed by atoms with Gasteiger partial charge in [0, 0.05) is 42.7 Å². The van der Waals surface area contributed by atoms with Crippen LogP contribution in [-0.2, 0) is 13.1 Å². The molecule has 0 atom stereocenters. The van der Waals surface area contributed by atoms with Crippen LogP contribution in [-0.4, -0.2) is 17.1 Å². The third-order valence-electron chi connectivity index (χ3n) is 2.93. The molecular weight excluding hydrogens is 247 g/mol. The van der Waals surface area contributed by atoms with Crippen LogP contribution in [0, 0.1) is 5.82 Å². The molecule has 1 aromatic heterocycles. The van der Waals surface area contributed by atoms with Gasteiger partial charge in [-0.25, -0.2) is 14.4 Å². The molecule has 19 heavy (non-hydrogen) atoms. The van der Waals surface area contributed by atoms with Crippen molar-refractivity contribution < 1.29 is 9.13 Å². The summed E-state index contributed by atoms with van der Waals surface area (Å²) < 4.78 is 18.4. The number of hydrogen-bond acceptors (Lipinski definition) is 5. The number of benzene rings is 1. The molecule has 0 saturated heterocycles. The number of anilines is 2. The Morgan fingerprint density at radius 3 is 3.05 bits per heavy atom. The Balaban J connectivity index is 1.86. The van der Waals surface area contributed by atoms with Crippen LogP contribution in [0.1, 0.15) is 11.3 Å². The zero-order chi connectivity index (χ0) is 13.2. The second kappa shape index (κ2) is 4.81. The normalized spacial score (nSPS) is 13.2. The summed E-state index contributed by atoms with van der Waals surface area (Å²) in [5.74, 6) is 0.533. The number of methoxy groups -OCH3 is 1. The monoisotopic (exact) mass is 260 g/mol. The highest BCUT2D eigenvalue weighted by Crippen LogP contribution is 2.22. The van der Waals surface area contributed by atoms with Crippen molar-refractivity contribution in [2.45, 2.75) is 13.1 Å². The third-order valence-corrected chi connectivity index (χ3v) is 2.93. The summed E-state index contributed by atoms with van der Waals surface area (Å²) in [6.45, 7) is 1.53. The summed E-state index contributed by atoms with van der Waals surface area (Å²) in [6.07, 6.45) is 1.78. The molecule has 0 saturated carbocycles. The fourth-order valence-electron chi connectivity index (χ4n) is 2.00. The molecule has 0 amide bonds. The number of aromatic nitrogens is 2. The van der Waals surface area contributed by atoms with Crippen molar-refractivity contribution in [1.29, 1.82) is 0 Å². The maximum absolute atomic E-state index is 13.4. The summed E-state index contributed by atoms with van der Waals surface area (Å²) >= 11 is 0. The van der Waals surface area contributed by atoms with E-state index in [1.165, 1.54) is 19.2 Å². The van der Waals surface area contributed by atoms with Gasteiger partial charge in [-0.15, -0.1) is 0 Å². The van der Waals surface area contributed by atoms with Crippen LogP contribution in [0.25, 0.3) is 0 Å². The molecule has 0 bridgehead atoms. The molecule has 0 radical (unpaired) electrons. The Hall–Kier alpha value is -2.21. The molecule has 2 heterocycles. The van der Waals surface area contributed by atoms with Crippen LogP contribution in [0.3, 0.4) is 0 Å². The van der Waals surface area contributed by atoms with E-state index in [-0.39, 0.29) is 5.82 Å². The predicted octanol–water partition coefficient (Wildman–Crippen LogP) is 1.97. The first kappa shape index (κ1) is 11.9. The first-order valence-electron chi connectivity index (χ1n) is 5.92. The first-order chi connectivity index (χ1) is 9.24. The van der Waals surface area contributed by atoms with Gasteiger partial charge in [-0.05, 0) is 6.07 Å². The molecule has 0 spiro atoms. The maximum Gasteiger partial charge on any atom is 0.227 e. The second-order valence-electron chi connectivity index (χ2n) is 4.27. The summed E-state index contributed by atoms with van der Waals surface area (Å²) in [6, 6.07) is 4.38. The van der Waals surface area contributed by atoms with Crippen molar-refractivity contribution in [3.8, 4) is 5.75 Å². The standard InChI is InChI=1S/C13H13FN4O/c1-19-11-3-9(14)2-10(4-11)17-13-16-6-8-5-15-7-12(8)18-13/h2-4,6,15H,5,7H2,1H3,(H,16,17,18). The molecular formula is C13H13FN4O. The van der Waals surface area contributed by atoms with Gasteiger partial charge in [-0.2, -0.15) is 0 Å².